The summed E-state index contributed by atoms with van der Waals surface area (Å²) >= 11 is 0. The van der Waals surface area contributed by atoms with E-state index in [0.29, 0.717) is 6.42 Å². The predicted octanol–water partition coefficient (Wildman–Crippen LogP) is -0.263. The van der Waals surface area contributed by atoms with E-state index >= 15 is 0 Å². The molecule has 0 atom stereocenters. The van der Waals surface area contributed by atoms with Crippen molar-refractivity contribution in [1.29, 1.82) is 0 Å². The lowest BCUT2D eigenvalue weighted by molar-refractivity contribution is -0.137. The molecule has 0 radical (unpaired) electrons. The molecule has 2 aromatic carbocycles. The number of halogens is 1. The topological polar surface area (TPSA) is 66.0 Å². The fraction of sp³-hybridized carbons (Fsp3) is 0.143. The van der Waals surface area contributed by atoms with Crippen molar-refractivity contribution in [2.24, 2.45) is 0 Å². The van der Waals surface area contributed by atoms with Gasteiger partial charge in [0.1, 0.15) is 5.82 Å². The number of aryl methyl sites for hydroxylation is 1. The molecular weight excluding hydrogens is 264 g/mol. The average molecular weight is 276 g/mol. The number of aromatic amines is 1. The van der Waals surface area contributed by atoms with Gasteiger partial charge in [0, 0.05) is 6.42 Å². The molecule has 0 spiro atoms. The third-order valence-corrected chi connectivity index (χ3v) is 2.97. The zero-order valence-electron chi connectivity index (χ0n) is 10.1. The van der Waals surface area contributed by atoms with Gasteiger partial charge in [-0.05, 0) is 22.9 Å². The van der Waals surface area contributed by atoms with Crippen LogP contribution >= 0.6 is 0 Å². The number of fused-ring (bicyclic) bond motifs is 2. The third kappa shape index (κ3) is 2.69. The lowest BCUT2D eigenvalue weighted by atomic mass is 10.1. The maximum Gasteiger partial charge on any atom is 0.303 e. The van der Waals surface area contributed by atoms with Crippen LogP contribution in [-0.4, -0.2) is 21.0 Å². The first-order valence-corrected chi connectivity index (χ1v) is 5.81. The molecule has 3 aromatic rings. The number of carbonyl (C=O) groups is 1. The number of nitrogens with one attached hydrogen (secondary N) is 1. The Kier molecular flexibility index (Phi) is 3.71. The summed E-state index contributed by atoms with van der Waals surface area (Å²) in [6.45, 7) is 0. The first kappa shape index (κ1) is 13.4. The molecule has 0 aliphatic rings. The van der Waals surface area contributed by atoms with Crippen LogP contribution in [0.3, 0.4) is 0 Å². The second kappa shape index (κ2) is 5.28. The van der Waals surface area contributed by atoms with Crippen LogP contribution in [0, 0.1) is 0 Å². The molecule has 19 heavy (non-hydrogen) atoms. The van der Waals surface area contributed by atoms with Crippen LogP contribution in [0.15, 0.2) is 36.4 Å². The molecule has 0 aliphatic carbocycles. The normalized spacial score (nSPS) is 10.5. The first-order chi connectivity index (χ1) is 8.72. The van der Waals surface area contributed by atoms with E-state index in [2.05, 4.69) is 9.97 Å². The largest absolute Gasteiger partial charge is 1.00 e. The average Bonchev–Trinajstić information content (AvgIpc) is 2.75. The van der Waals surface area contributed by atoms with Crippen molar-refractivity contribution in [2.45, 2.75) is 12.8 Å². The van der Waals surface area contributed by atoms with Crippen LogP contribution in [0.5, 0.6) is 0 Å². The standard InChI is InChI=1S/C14H12N2O2.ClH/c17-14(18)6-5-13-15-11-7-9-3-1-2-4-10(9)8-12(11)16-13;/h1-4,7-8H,5-6H2,(H,15,16)(H,17,18);1H/p-1. The number of aromatic nitrogens is 2. The molecule has 0 bridgehead atoms. The summed E-state index contributed by atoms with van der Waals surface area (Å²) in [6, 6.07) is 12.1. The van der Waals surface area contributed by atoms with Gasteiger partial charge >= 0.3 is 5.97 Å². The minimum absolute atomic E-state index is 0. The summed E-state index contributed by atoms with van der Waals surface area (Å²) in [5.41, 5.74) is 1.84. The van der Waals surface area contributed by atoms with Gasteiger partial charge in [0.05, 0.1) is 17.5 Å². The van der Waals surface area contributed by atoms with Crippen molar-refractivity contribution in [2.75, 3.05) is 0 Å². The zero-order chi connectivity index (χ0) is 12.5. The van der Waals surface area contributed by atoms with Crippen molar-refractivity contribution < 1.29 is 22.3 Å². The summed E-state index contributed by atoms with van der Waals surface area (Å²) in [7, 11) is 0. The van der Waals surface area contributed by atoms with Crippen LogP contribution in [0.25, 0.3) is 21.8 Å². The highest BCUT2D eigenvalue weighted by Crippen LogP contribution is 2.21. The quantitative estimate of drug-likeness (QED) is 0.692. The number of hydrogen-bond acceptors (Lipinski definition) is 2. The summed E-state index contributed by atoms with van der Waals surface area (Å²) in [5, 5.41) is 11.0. The molecule has 0 fully saturated rings. The highest BCUT2D eigenvalue weighted by molar-refractivity contribution is 5.95. The monoisotopic (exact) mass is 275 g/mol. The number of carboxylic acids is 1. The van der Waals surface area contributed by atoms with Gasteiger partial charge in [0.15, 0.2) is 0 Å². The van der Waals surface area contributed by atoms with Gasteiger partial charge in [-0.2, -0.15) is 0 Å². The highest BCUT2D eigenvalue weighted by Gasteiger charge is 2.06. The lowest BCUT2D eigenvalue weighted by Gasteiger charge is -1.95. The van der Waals surface area contributed by atoms with Crippen molar-refractivity contribution in [3.63, 3.8) is 0 Å². The Labute approximate surface area is 115 Å². The highest BCUT2D eigenvalue weighted by atomic mass is 35.5. The molecule has 0 aliphatic heterocycles. The molecule has 1 aromatic heterocycles. The molecule has 98 valence electrons. The van der Waals surface area contributed by atoms with Crippen LogP contribution < -0.4 is 12.4 Å². The number of aliphatic carboxylic acids is 1. The van der Waals surface area contributed by atoms with Crippen molar-refractivity contribution >= 4 is 27.8 Å². The van der Waals surface area contributed by atoms with Crippen LogP contribution in [-0.2, 0) is 11.2 Å². The van der Waals surface area contributed by atoms with Gasteiger partial charge in [-0.1, -0.05) is 24.3 Å². The predicted molar refractivity (Wildman–Crippen MR) is 69.6 cm³/mol. The fourth-order valence-corrected chi connectivity index (χ4v) is 2.09. The van der Waals surface area contributed by atoms with Gasteiger partial charge in [-0.25, -0.2) is 4.98 Å². The summed E-state index contributed by atoms with van der Waals surface area (Å²) in [4.78, 5) is 18.1. The number of benzene rings is 2. The molecule has 0 unspecified atom stereocenters. The lowest BCUT2D eigenvalue weighted by Crippen LogP contribution is -3.00. The Bertz CT molecular complexity index is 684. The van der Waals surface area contributed by atoms with Crippen molar-refractivity contribution in [3.05, 3.63) is 42.2 Å². The summed E-state index contributed by atoms with van der Waals surface area (Å²) in [5.74, 6) is -0.0803. The third-order valence-electron chi connectivity index (χ3n) is 2.97. The smallest absolute Gasteiger partial charge is 0.303 e. The number of nitrogens with zero attached hydrogens (tertiary/aromatic N) is 1. The Morgan fingerprint density at radius 2 is 1.89 bits per heavy atom. The molecule has 3 rings (SSSR count). The zero-order valence-corrected chi connectivity index (χ0v) is 10.8. The van der Waals surface area contributed by atoms with E-state index in [9.17, 15) is 4.79 Å². The van der Waals surface area contributed by atoms with Crippen LogP contribution in [0.2, 0.25) is 0 Å². The second-order valence-electron chi connectivity index (χ2n) is 4.29. The Morgan fingerprint density at radius 3 is 2.58 bits per heavy atom. The summed E-state index contributed by atoms with van der Waals surface area (Å²) < 4.78 is 0. The van der Waals surface area contributed by atoms with E-state index in [4.69, 9.17) is 5.11 Å². The van der Waals surface area contributed by atoms with Crippen molar-refractivity contribution in [3.8, 4) is 0 Å². The van der Waals surface area contributed by atoms with E-state index in [0.717, 1.165) is 27.6 Å². The molecular formula is C14H12ClN2O2-. The van der Waals surface area contributed by atoms with E-state index < -0.39 is 5.97 Å². The first-order valence-electron chi connectivity index (χ1n) is 5.81. The minimum Gasteiger partial charge on any atom is -1.00 e. The molecule has 4 nitrogen and oxygen atoms in total. The van der Waals surface area contributed by atoms with Gasteiger partial charge in [-0.3, -0.25) is 4.79 Å². The molecule has 0 amide bonds. The van der Waals surface area contributed by atoms with Crippen LogP contribution in [0.1, 0.15) is 12.2 Å². The summed E-state index contributed by atoms with van der Waals surface area (Å²) in [6.07, 6.45) is 0.527. The van der Waals surface area contributed by atoms with Gasteiger partial charge in [-0.15, -0.1) is 0 Å². The Balaban J connectivity index is 0.00000133. The van der Waals surface area contributed by atoms with E-state index in [1.165, 1.54) is 0 Å². The maximum absolute atomic E-state index is 10.5. The van der Waals surface area contributed by atoms with Gasteiger partial charge in [0.25, 0.3) is 0 Å². The number of carboxylic acid groups (broad SMARTS) is 1. The number of H-pyrrole nitrogens is 1. The Morgan fingerprint density at radius 1 is 1.21 bits per heavy atom. The van der Waals surface area contributed by atoms with Gasteiger partial charge < -0.3 is 22.5 Å². The molecule has 5 heteroatoms. The molecule has 2 N–H and O–H groups in total. The fourth-order valence-electron chi connectivity index (χ4n) is 2.09. The van der Waals surface area contributed by atoms with E-state index in [-0.39, 0.29) is 18.8 Å². The second-order valence-corrected chi connectivity index (χ2v) is 4.29. The molecule has 0 saturated carbocycles. The molecule has 0 saturated heterocycles. The number of rotatable bonds is 3. The van der Waals surface area contributed by atoms with E-state index in [1.807, 2.05) is 36.4 Å². The SMILES string of the molecule is O=C(O)CCc1nc2cc3ccccc3cc2[nH]1.[Cl-]. The number of hydrogen-bond donors (Lipinski definition) is 2. The number of imidazole rings is 1. The van der Waals surface area contributed by atoms with Crippen molar-refractivity contribution in [1.82, 2.24) is 9.97 Å². The molecule has 1 heterocycles. The maximum atomic E-state index is 10.5. The Hall–Kier alpha value is -2.07. The van der Waals surface area contributed by atoms with Crippen LogP contribution in [0.4, 0.5) is 0 Å². The van der Waals surface area contributed by atoms with E-state index in [1.54, 1.807) is 0 Å². The van der Waals surface area contributed by atoms with Gasteiger partial charge in [0.2, 0.25) is 0 Å². The minimum atomic E-state index is -0.805.